The first-order chi connectivity index (χ1) is 7.50. The summed E-state index contributed by atoms with van der Waals surface area (Å²) in [6.45, 7) is 5.67. The highest BCUT2D eigenvalue weighted by molar-refractivity contribution is 6.30. The molecule has 1 aromatic carbocycles. The maximum atomic E-state index is 10.5. The number of carbonyl (C=O) groups is 1. The molecule has 0 unspecified atom stereocenters. The lowest BCUT2D eigenvalue weighted by Gasteiger charge is -2.14. The van der Waals surface area contributed by atoms with Crippen LogP contribution in [0.2, 0.25) is 5.02 Å². The van der Waals surface area contributed by atoms with Crippen LogP contribution >= 0.6 is 11.6 Å². The van der Waals surface area contributed by atoms with Gasteiger partial charge in [-0.15, -0.1) is 0 Å². The molecule has 86 valence electrons. The van der Waals surface area contributed by atoms with Gasteiger partial charge >= 0.3 is 5.97 Å². The van der Waals surface area contributed by atoms with E-state index in [1.165, 1.54) is 0 Å². The summed E-state index contributed by atoms with van der Waals surface area (Å²) in [5, 5.41) is 12.4. The van der Waals surface area contributed by atoms with Crippen LogP contribution in [0.5, 0.6) is 0 Å². The number of nitrogens with one attached hydrogen (secondary N) is 1. The average Bonchev–Trinajstić information content (AvgIpc) is 2.26. The molecule has 2 N–H and O–H groups in total. The van der Waals surface area contributed by atoms with E-state index in [0.29, 0.717) is 5.02 Å². The largest absolute Gasteiger partial charge is 0.478 e. The molecule has 16 heavy (non-hydrogen) atoms. The number of carboxylic acids is 1. The van der Waals surface area contributed by atoms with Gasteiger partial charge in [-0.05, 0) is 24.6 Å². The Morgan fingerprint density at radius 1 is 1.50 bits per heavy atom. The molecule has 0 bridgehead atoms. The molecule has 4 heteroatoms. The van der Waals surface area contributed by atoms with Crippen molar-refractivity contribution in [3.8, 4) is 0 Å². The standard InChI is InChI=1S/C12H14ClNO2/c1-8(12(15)16)7-14-9(2)10-3-5-11(13)6-4-10/h3-6,9,14H,1,7H2,2H3,(H,15,16)/t9-/m1/s1. The quantitative estimate of drug-likeness (QED) is 0.777. The van der Waals surface area contributed by atoms with Crippen LogP contribution in [-0.4, -0.2) is 17.6 Å². The second kappa shape index (κ2) is 5.68. The van der Waals surface area contributed by atoms with Gasteiger partial charge < -0.3 is 10.4 Å². The van der Waals surface area contributed by atoms with Gasteiger partial charge in [0.15, 0.2) is 0 Å². The first kappa shape index (κ1) is 12.7. The van der Waals surface area contributed by atoms with E-state index in [0.717, 1.165) is 5.56 Å². The highest BCUT2D eigenvalue weighted by Gasteiger charge is 2.08. The van der Waals surface area contributed by atoms with E-state index in [-0.39, 0.29) is 18.2 Å². The topological polar surface area (TPSA) is 49.3 Å². The van der Waals surface area contributed by atoms with Gasteiger partial charge in [-0.25, -0.2) is 4.79 Å². The van der Waals surface area contributed by atoms with Gasteiger partial charge in [-0.2, -0.15) is 0 Å². The van der Waals surface area contributed by atoms with Gasteiger partial charge in [-0.3, -0.25) is 0 Å². The van der Waals surface area contributed by atoms with Crippen molar-refractivity contribution >= 4 is 17.6 Å². The monoisotopic (exact) mass is 239 g/mol. The molecule has 0 spiro atoms. The van der Waals surface area contributed by atoms with Gasteiger partial charge in [0.25, 0.3) is 0 Å². The Morgan fingerprint density at radius 2 is 2.06 bits per heavy atom. The number of carboxylic acid groups (broad SMARTS) is 1. The zero-order chi connectivity index (χ0) is 12.1. The first-order valence-corrected chi connectivity index (χ1v) is 5.28. The third kappa shape index (κ3) is 3.68. The fourth-order valence-electron chi connectivity index (χ4n) is 1.22. The van der Waals surface area contributed by atoms with Gasteiger partial charge in [-0.1, -0.05) is 30.3 Å². The van der Waals surface area contributed by atoms with Crippen LogP contribution in [0.4, 0.5) is 0 Å². The van der Waals surface area contributed by atoms with Crippen molar-refractivity contribution in [3.63, 3.8) is 0 Å². The van der Waals surface area contributed by atoms with E-state index < -0.39 is 5.97 Å². The Bertz CT molecular complexity index is 387. The summed E-state index contributed by atoms with van der Waals surface area (Å²) in [7, 11) is 0. The van der Waals surface area contributed by atoms with Crippen LogP contribution in [0.25, 0.3) is 0 Å². The minimum Gasteiger partial charge on any atom is -0.478 e. The van der Waals surface area contributed by atoms with E-state index in [2.05, 4.69) is 11.9 Å². The highest BCUT2D eigenvalue weighted by Crippen LogP contribution is 2.15. The van der Waals surface area contributed by atoms with Crippen LogP contribution in [0.3, 0.4) is 0 Å². The summed E-state index contributed by atoms with van der Waals surface area (Å²) in [4.78, 5) is 10.5. The zero-order valence-electron chi connectivity index (χ0n) is 9.03. The van der Waals surface area contributed by atoms with Crippen molar-refractivity contribution < 1.29 is 9.90 Å². The van der Waals surface area contributed by atoms with Crippen LogP contribution in [0.15, 0.2) is 36.4 Å². The third-order valence-electron chi connectivity index (χ3n) is 2.29. The Labute approximate surface area is 99.7 Å². The molecule has 0 saturated heterocycles. The van der Waals surface area contributed by atoms with Crippen molar-refractivity contribution in [1.82, 2.24) is 5.32 Å². The summed E-state index contributed by atoms with van der Waals surface area (Å²) < 4.78 is 0. The molecule has 0 fully saturated rings. The fraction of sp³-hybridized carbons (Fsp3) is 0.250. The summed E-state index contributed by atoms with van der Waals surface area (Å²) in [6.07, 6.45) is 0. The van der Waals surface area contributed by atoms with Gasteiger partial charge in [0.1, 0.15) is 0 Å². The second-order valence-electron chi connectivity index (χ2n) is 3.56. The second-order valence-corrected chi connectivity index (χ2v) is 4.00. The first-order valence-electron chi connectivity index (χ1n) is 4.90. The molecule has 0 aromatic heterocycles. The van der Waals surface area contributed by atoms with E-state index in [1.54, 1.807) is 12.1 Å². The molecule has 3 nitrogen and oxygen atoms in total. The fourth-order valence-corrected chi connectivity index (χ4v) is 1.35. The average molecular weight is 240 g/mol. The minimum atomic E-state index is -0.976. The molecule has 0 aliphatic rings. The predicted molar refractivity (Wildman–Crippen MR) is 64.6 cm³/mol. The van der Waals surface area contributed by atoms with E-state index in [1.807, 2.05) is 19.1 Å². The Balaban J connectivity index is 2.52. The minimum absolute atomic E-state index is 0.0633. The molecule has 0 amide bonds. The van der Waals surface area contributed by atoms with Crippen LogP contribution in [0, 0.1) is 0 Å². The number of hydrogen-bond acceptors (Lipinski definition) is 2. The number of benzene rings is 1. The molecule has 0 aliphatic heterocycles. The van der Waals surface area contributed by atoms with Crippen molar-refractivity contribution in [2.75, 3.05) is 6.54 Å². The van der Waals surface area contributed by atoms with E-state index in [9.17, 15) is 4.79 Å². The highest BCUT2D eigenvalue weighted by atomic mass is 35.5. The smallest absolute Gasteiger partial charge is 0.332 e. The number of hydrogen-bond donors (Lipinski definition) is 2. The molecule has 1 atom stereocenters. The number of aliphatic carboxylic acids is 1. The molecule has 1 aromatic rings. The van der Waals surface area contributed by atoms with E-state index >= 15 is 0 Å². The van der Waals surface area contributed by atoms with Crippen LogP contribution in [0.1, 0.15) is 18.5 Å². The summed E-state index contributed by atoms with van der Waals surface area (Å²) in [5.41, 5.74) is 1.21. The lowest BCUT2D eigenvalue weighted by molar-refractivity contribution is -0.132. The zero-order valence-corrected chi connectivity index (χ0v) is 9.79. The summed E-state index contributed by atoms with van der Waals surface area (Å²) in [5.74, 6) is -0.976. The van der Waals surface area contributed by atoms with Crippen molar-refractivity contribution in [2.24, 2.45) is 0 Å². The molecular formula is C12H14ClNO2. The van der Waals surface area contributed by atoms with Crippen molar-refractivity contribution in [1.29, 1.82) is 0 Å². The number of rotatable bonds is 5. The SMILES string of the molecule is C=C(CN[C@H](C)c1ccc(Cl)cc1)C(=O)O. The van der Waals surface area contributed by atoms with Gasteiger partial charge in [0, 0.05) is 23.2 Å². The van der Waals surface area contributed by atoms with Crippen molar-refractivity contribution in [3.05, 3.63) is 47.0 Å². The number of halogens is 1. The Hall–Kier alpha value is -1.32. The molecule has 0 heterocycles. The normalized spacial score (nSPS) is 12.1. The van der Waals surface area contributed by atoms with Crippen molar-refractivity contribution in [2.45, 2.75) is 13.0 Å². The van der Waals surface area contributed by atoms with E-state index in [4.69, 9.17) is 16.7 Å². The lowest BCUT2D eigenvalue weighted by Crippen LogP contribution is -2.23. The molecule has 0 radical (unpaired) electrons. The Morgan fingerprint density at radius 3 is 2.56 bits per heavy atom. The molecular weight excluding hydrogens is 226 g/mol. The predicted octanol–water partition coefficient (Wildman–Crippen LogP) is 2.63. The summed E-state index contributed by atoms with van der Waals surface area (Å²) >= 11 is 5.77. The van der Waals surface area contributed by atoms with Crippen LogP contribution in [-0.2, 0) is 4.79 Å². The third-order valence-corrected chi connectivity index (χ3v) is 2.55. The summed E-state index contributed by atoms with van der Waals surface area (Å²) in [6, 6.07) is 7.49. The van der Waals surface area contributed by atoms with Gasteiger partial charge in [0.2, 0.25) is 0 Å². The maximum Gasteiger partial charge on any atom is 0.332 e. The maximum absolute atomic E-state index is 10.5. The van der Waals surface area contributed by atoms with Gasteiger partial charge in [0.05, 0.1) is 0 Å². The molecule has 0 saturated carbocycles. The Kier molecular flexibility index (Phi) is 4.52. The molecule has 1 rings (SSSR count). The van der Waals surface area contributed by atoms with Crippen LogP contribution < -0.4 is 5.32 Å². The lowest BCUT2D eigenvalue weighted by atomic mass is 10.1. The molecule has 0 aliphatic carbocycles.